The van der Waals surface area contributed by atoms with Gasteiger partial charge in [0.25, 0.3) is 11.8 Å². The van der Waals surface area contributed by atoms with Crippen LogP contribution in [0.5, 0.6) is 0 Å². The van der Waals surface area contributed by atoms with Crippen LogP contribution >= 0.6 is 0 Å². The van der Waals surface area contributed by atoms with Gasteiger partial charge in [-0.2, -0.15) is 5.10 Å². The topological polar surface area (TPSA) is 103 Å². The van der Waals surface area contributed by atoms with E-state index in [2.05, 4.69) is 16.0 Å². The molecule has 2 N–H and O–H groups in total. The molecular weight excluding hydrogens is 444 g/mol. The molecule has 0 unspecified atom stereocenters. The number of nitrogens with zero attached hydrogens (tertiary/aromatic N) is 4. The van der Waals surface area contributed by atoms with E-state index in [1.165, 1.54) is 9.13 Å². The van der Waals surface area contributed by atoms with E-state index < -0.39 is 11.8 Å². The molecule has 2 amide bonds. The average molecular weight is 467 g/mol. The fourth-order valence-electron chi connectivity index (χ4n) is 3.96. The first-order chi connectivity index (χ1) is 17.0. The van der Waals surface area contributed by atoms with Crippen LogP contribution in [0.15, 0.2) is 95.9 Å². The Morgan fingerprint density at radius 2 is 1.46 bits per heavy atom. The van der Waals surface area contributed by atoms with Crippen molar-refractivity contribution in [3.05, 3.63) is 107 Å². The number of nitrogens with one attached hydrogen (secondary N) is 2. The SMILES string of the molecule is Cn1c(=O)n(CC(=O)NNC(=O)c2cn(-c3ccccc3)nc2-c2ccccc2)c2ccccc21. The summed E-state index contributed by atoms with van der Waals surface area (Å²) in [7, 11) is 1.65. The highest BCUT2D eigenvalue weighted by Gasteiger charge is 2.20. The highest BCUT2D eigenvalue weighted by Crippen LogP contribution is 2.23. The molecular formula is C26H22N6O3. The number of imidazole rings is 1. The molecule has 0 aliphatic heterocycles. The molecule has 174 valence electrons. The maximum atomic E-state index is 13.1. The molecule has 0 saturated carbocycles. The standard InChI is InChI=1S/C26H22N6O3/c1-30-21-14-8-9-15-22(21)31(26(30)35)17-23(33)27-28-25(34)20-16-32(19-12-6-3-7-13-19)29-24(20)18-10-4-2-5-11-18/h2-16H,17H2,1H3,(H,27,33)(H,28,34). The summed E-state index contributed by atoms with van der Waals surface area (Å²) >= 11 is 0. The van der Waals surface area contributed by atoms with E-state index in [9.17, 15) is 14.4 Å². The minimum atomic E-state index is -0.534. The van der Waals surface area contributed by atoms with Crippen LogP contribution in [-0.2, 0) is 18.4 Å². The molecule has 3 aromatic carbocycles. The Labute approximate surface area is 200 Å². The molecule has 0 aliphatic carbocycles. The molecule has 5 rings (SSSR count). The molecule has 0 radical (unpaired) electrons. The molecule has 9 nitrogen and oxygen atoms in total. The highest BCUT2D eigenvalue weighted by molar-refractivity contribution is 6.00. The summed E-state index contributed by atoms with van der Waals surface area (Å²) in [6, 6.07) is 26.0. The van der Waals surface area contributed by atoms with Crippen LogP contribution in [0.3, 0.4) is 0 Å². The van der Waals surface area contributed by atoms with Crippen molar-refractivity contribution in [2.45, 2.75) is 6.54 Å². The van der Waals surface area contributed by atoms with Crippen LogP contribution < -0.4 is 16.5 Å². The Balaban J connectivity index is 1.37. The van der Waals surface area contributed by atoms with Gasteiger partial charge in [-0.1, -0.05) is 60.7 Å². The summed E-state index contributed by atoms with van der Waals surface area (Å²) in [5, 5.41) is 4.61. The number of hydrogen-bond acceptors (Lipinski definition) is 4. The normalized spacial score (nSPS) is 10.9. The summed E-state index contributed by atoms with van der Waals surface area (Å²) in [5.74, 6) is -1.06. The van der Waals surface area contributed by atoms with Gasteiger partial charge in [-0.15, -0.1) is 0 Å². The minimum absolute atomic E-state index is 0.241. The molecule has 9 heteroatoms. The quantitative estimate of drug-likeness (QED) is 0.389. The number of aromatic nitrogens is 4. The largest absolute Gasteiger partial charge is 0.329 e. The Morgan fingerprint density at radius 3 is 2.17 bits per heavy atom. The first-order valence-electron chi connectivity index (χ1n) is 11.0. The highest BCUT2D eigenvalue weighted by atomic mass is 16.2. The van der Waals surface area contributed by atoms with Crippen molar-refractivity contribution < 1.29 is 9.59 Å². The van der Waals surface area contributed by atoms with Gasteiger partial charge in [-0.3, -0.25) is 29.6 Å². The summed E-state index contributed by atoms with van der Waals surface area (Å²) in [6.45, 7) is -0.241. The lowest BCUT2D eigenvalue weighted by molar-refractivity contribution is -0.122. The Kier molecular flexibility index (Phi) is 5.72. The lowest BCUT2D eigenvalue weighted by Crippen LogP contribution is -2.44. The van der Waals surface area contributed by atoms with Crippen molar-refractivity contribution >= 4 is 22.8 Å². The van der Waals surface area contributed by atoms with Crippen molar-refractivity contribution in [3.63, 3.8) is 0 Å². The third-order valence-electron chi connectivity index (χ3n) is 5.70. The Bertz CT molecular complexity index is 1580. The van der Waals surface area contributed by atoms with Gasteiger partial charge in [0.15, 0.2) is 0 Å². The van der Waals surface area contributed by atoms with Gasteiger partial charge in [0.2, 0.25) is 0 Å². The second-order valence-electron chi connectivity index (χ2n) is 7.96. The molecule has 5 aromatic rings. The van der Waals surface area contributed by atoms with E-state index in [-0.39, 0.29) is 12.2 Å². The second kappa shape index (κ2) is 9.14. The molecule has 2 heterocycles. The number of benzene rings is 3. The van der Waals surface area contributed by atoms with Gasteiger partial charge in [0.1, 0.15) is 12.2 Å². The van der Waals surface area contributed by atoms with Crippen molar-refractivity contribution in [1.29, 1.82) is 0 Å². The zero-order valence-corrected chi connectivity index (χ0v) is 18.9. The Morgan fingerprint density at radius 1 is 0.829 bits per heavy atom. The summed E-state index contributed by atoms with van der Waals surface area (Å²) in [6.07, 6.45) is 1.62. The van der Waals surface area contributed by atoms with Crippen molar-refractivity contribution in [1.82, 2.24) is 29.8 Å². The number of rotatable bonds is 5. The van der Waals surface area contributed by atoms with E-state index in [0.29, 0.717) is 16.8 Å². The summed E-state index contributed by atoms with van der Waals surface area (Å²) in [4.78, 5) is 38.3. The lowest BCUT2D eigenvalue weighted by Gasteiger charge is -2.08. The van der Waals surface area contributed by atoms with E-state index >= 15 is 0 Å². The average Bonchev–Trinajstić information content (AvgIpc) is 3.45. The van der Waals surface area contributed by atoms with Gasteiger partial charge < -0.3 is 0 Å². The van der Waals surface area contributed by atoms with Crippen LogP contribution in [0.2, 0.25) is 0 Å². The number of aryl methyl sites for hydroxylation is 1. The van der Waals surface area contributed by atoms with Gasteiger partial charge in [-0.25, -0.2) is 9.48 Å². The number of hydrogen-bond donors (Lipinski definition) is 2. The first kappa shape index (κ1) is 21.9. The van der Waals surface area contributed by atoms with Crippen LogP contribution in [0.4, 0.5) is 0 Å². The third kappa shape index (κ3) is 4.22. The first-order valence-corrected chi connectivity index (χ1v) is 11.0. The minimum Gasteiger partial charge on any atom is -0.295 e. The van der Waals surface area contributed by atoms with E-state index in [1.54, 1.807) is 30.1 Å². The van der Waals surface area contributed by atoms with E-state index in [1.807, 2.05) is 72.8 Å². The van der Waals surface area contributed by atoms with Crippen molar-refractivity contribution in [2.75, 3.05) is 0 Å². The number of fused-ring (bicyclic) bond motifs is 1. The molecule has 2 aromatic heterocycles. The number of hydrazine groups is 1. The van der Waals surface area contributed by atoms with Gasteiger partial charge in [-0.05, 0) is 24.3 Å². The molecule has 0 saturated heterocycles. The van der Waals surface area contributed by atoms with Gasteiger partial charge in [0, 0.05) is 18.8 Å². The summed E-state index contributed by atoms with van der Waals surface area (Å²) in [5.41, 5.74) is 8.24. The molecule has 0 spiro atoms. The third-order valence-corrected chi connectivity index (χ3v) is 5.70. The van der Waals surface area contributed by atoms with Crippen LogP contribution in [0.25, 0.3) is 28.0 Å². The van der Waals surface area contributed by atoms with Crippen molar-refractivity contribution in [2.24, 2.45) is 7.05 Å². The lowest BCUT2D eigenvalue weighted by atomic mass is 10.1. The predicted molar refractivity (Wildman–Crippen MR) is 132 cm³/mol. The zero-order valence-electron chi connectivity index (χ0n) is 18.9. The maximum Gasteiger partial charge on any atom is 0.329 e. The van der Waals surface area contributed by atoms with Crippen molar-refractivity contribution in [3.8, 4) is 16.9 Å². The molecule has 0 aliphatic rings. The second-order valence-corrected chi connectivity index (χ2v) is 7.96. The number of carbonyl (C=O) groups excluding carboxylic acids is 2. The van der Waals surface area contributed by atoms with Gasteiger partial charge >= 0.3 is 5.69 Å². The number of carbonyl (C=O) groups is 2. The molecule has 0 atom stereocenters. The monoisotopic (exact) mass is 466 g/mol. The maximum absolute atomic E-state index is 13.1. The van der Waals surface area contributed by atoms with Crippen LogP contribution in [0, 0.1) is 0 Å². The summed E-state index contributed by atoms with van der Waals surface area (Å²) < 4.78 is 4.46. The number of amides is 2. The van der Waals surface area contributed by atoms with Crippen LogP contribution in [-0.4, -0.2) is 30.7 Å². The van der Waals surface area contributed by atoms with E-state index in [4.69, 9.17) is 0 Å². The Hall–Kier alpha value is -4.92. The number of para-hydroxylation sites is 3. The molecule has 35 heavy (non-hydrogen) atoms. The zero-order chi connectivity index (χ0) is 24.4. The fourth-order valence-corrected chi connectivity index (χ4v) is 3.96. The smallest absolute Gasteiger partial charge is 0.295 e. The van der Waals surface area contributed by atoms with Crippen LogP contribution in [0.1, 0.15) is 10.4 Å². The fraction of sp³-hybridized carbons (Fsp3) is 0.0769. The molecule has 0 bridgehead atoms. The predicted octanol–water partition coefficient (Wildman–Crippen LogP) is 2.65. The van der Waals surface area contributed by atoms with E-state index in [0.717, 1.165) is 16.8 Å². The van der Waals surface area contributed by atoms with Gasteiger partial charge in [0.05, 0.1) is 22.3 Å². The molecule has 0 fully saturated rings.